The molecular weight excluding hydrogens is 296 g/mol. The van der Waals surface area contributed by atoms with E-state index in [1.54, 1.807) is 20.8 Å². The zero-order valence-electron chi connectivity index (χ0n) is 12.5. The zero-order chi connectivity index (χ0) is 16.4. The highest BCUT2D eigenvalue weighted by atomic mass is 32.2. The number of aliphatic hydroxyl groups excluding tert-OH is 1. The van der Waals surface area contributed by atoms with Crippen molar-refractivity contribution in [3.8, 4) is 0 Å². The largest absolute Gasteiger partial charge is 0.392 e. The van der Waals surface area contributed by atoms with Gasteiger partial charge in [0.15, 0.2) is 0 Å². The second-order valence-electron chi connectivity index (χ2n) is 4.98. The summed E-state index contributed by atoms with van der Waals surface area (Å²) in [5, 5.41) is 20.6. The number of benzene rings is 1. The molecule has 0 spiro atoms. The Morgan fingerprint density at radius 3 is 2.38 bits per heavy atom. The lowest BCUT2D eigenvalue weighted by molar-refractivity contribution is -0.386. The summed E-state index contributed by atoms with van der Waals surface area (Å²) in [6.07, 6.45) is -0.380. The maximum absolute atomic E-state index is 12.3. The summed E-state index contributed by atoms with van der Waals surface area (Å²) in [4.78, 5) is 10.4. The molecule has 0 aromatic heterocycles. The van der Waals surface area contributed by atoms with Crippen LogP contribution in [0.1, 0.15) is 30.0 Å². The Bertz CT molecular complexity index is 655. The maximum atomic E-state index is 12.3. The molecule has 0 fully saturated rings. The zero-order valence-corrected chi connectivity index (χ0v) is 13.3. The van der Waals surface area contributed by atoms with Gasteiger partial charge in [-0.25, -0.2) is 13.1 Å². The van der Waals surface area contributed by atoms with Crippen LogP contribution in [0.5, 0.6) is 0 Å². The summed E-state index contributed by atoms with van der Waals surface area (Å²) in [6.45, 7) is 6.19. The average molecular weight is 316 g/mol. The van der Waals surface area contributed by atoms with Gasteiger partial charge in [-0.3, -0.25) is 10.1 Å². The fraction of sp³-hybridized carbons (Fsp3) is 0.538. The minimum Gasteiger partial charge on any atom is -0.392 e. The lowest BCUT2D eigenvalue weighted by Gasteiger charge is -2.15. The molecule has 0 bridgehead atoms. The summed E-state index contributed by atoms with van der Waals surface area (Å²) in [5.41, 5.74) is 0.768. The molecule has 1 aromatic carbocycles. The fourth-order valence-electron chi connectivity index (χ4n) is 2.27. The Hall–Kier alpha value is -1.51. The van der Waals surface area contributed by atoms with Crippen LogP contribution in [0.25, 0.3) is 0 Å². The van der Waals surface area contributed by atoms with E-state index in [4.69, 9.17) is 0 Å². The highest BCUT2D eigenvalue weighted by molar-refractivity contribution is 7.89. The van der Waals surface area contributed by atoms with E-state index in [1.807, 2.05) is 0 Å². The molecule has 7 nitrogen and oxygen atoms in total. The third-order valence-electron chi connectivity index (χ3n) is 3.29. The van der Waals surface area contributed by atoms with Crippen molar-refractivity contribution >= 4 is 15.7 Å². The third-order valence-corrected chi connectivity index (χ3v) is 5.00. The predicted octanol–water partition coefficient (Wildman–Crippen LogP) is 1.57. The van der Waals surface area contributed by atoms with Crippen LogP contribution >= 0.6 is 0 Å². The van der Waals surface area contributed by atoms with Gasteiger partial charge >= 0.3 is 0 Å². The summed E-state index contributed by atoms with van der Waals surface area (Å²) < 4.78 is 27.0. The molecule has 1 unspecified atom stereocenters. The molecule has 0 aliphatic rings. The van der Waals surface area contributed by atoms with Crippen molar-refractivity contribution < 1.29 is 18.4 Å². The summed E-state index contributed by atoms with van der Waals surface area (Å²) >= 11 is 0. The SMILES string of the molecule is CCC(O)CNS(=O)(=O)c1c(C)cc(C)c([N+](=O)[O-])c1C. The van der Waals surface area contributed by atoms with Crippen LogP contribution in [0.3, 0.4) is 0 Å². The van der Waals surface area contributed by atoms with Gasteiger partial charge in [-0.15, -0.1) is 0 Å². The number of aliphatic hydroxyl groups is 1. The minimum absolute atomic E-state index is 0.0943. The van der Waals surface area contributed by atoms with Gasteiger partial charge in [-0.05, 0) is 38.8 Å². The lowest BCUT2D eigenvalue weighted by Crippen LogP contribution is -2.32. The Balaban J connectivity index is 3.36. The molecular formula is C13H20N2O5S. The molecule has 1 atom stereocenters. The van der Waals surface area contributed by atoms with Gasteiger partial charge in [0.1, 0.15) is 0 Å². The van der Waals surface area contributed by atoms with Crippen molar-refractivity contribution in [3.63, 3.8) is 0 Å². The van der Waals surface area contributed by atoms with Crippen molar-refractivity contribution in [1.29, 1.82) is 0 Å². The summed E-state index contributed by atoms with van der Waals surface area (Å²) in [5.74, 6) is 0. The number of hydrogen-bond acceptors (Lipinski definition) is 5. The first-order chi connectivity index (χ1) is 9.61. The average Bonchev–Trinajstić information content (AvgIpc) is 2.34. The first kappa shape index (κ1) is 17.5. The molecule has 1 aromatic rings. The van der Waals surface area contributed by atoms with E-state index in [0.717, 1.165) is 0 Å². The van der Waals surface area contributed by atoms with Crippen LogP contribution < -0.4 is 4.72 Å². The van der Waals surface area contributed by atoms with Gasteiger partial charge in [0.2, 0.25) is 10.0 Å². The maximum Gasteiger partial charge on any atom is 0.276 e. The van der Waals surface area contributed by atoms with Crippen LogP contribution in [0.4, 0.5) is 5.69 Å². The molecule has 0 amide bonds. The van der Waals surface area contributed by atoms with Crippen LogP contribution in [-0.4, -0.2) is 31.1 Å². The molecule has 1 rings (SSSR count). The summed E-state index contributed by atoms with van der Waals surface area (Å²) in [6, 6.07) is 1.48. The van der Waals surface area contributed by atoms with Gasteiger partial charge < -0.3 is 5.11 Å². The molecule has 0 heterocycles. The number of nitrogens with zero attached hydrogens (tertiary/aromatic N) is 1. The van der Waals surface area contributed by atoms with E-state index in [-0.39, 0.29) is 22.7 Å². The molecule has 0 aliphatic heterocycles. The topological polar surface area (TPSA) is 110 Å². The molecule has 2 N–H and O–H groups in total. The van der Waals surface area contributed by atoms with E-state index in [1.165, 1.54) is 13.0 Å². The number of sulfonamides is 1. The fourth-order valence-corrected chi connectivity index (χ4v) is 3.81. The monoisotopic (exact) mass is 316 g/mol. The van der Waals surface area contributed by atoms with Gasteiger partial charge in [0, 0.05) is 17.7 Å². The van der Waals surface area contributed by atoms with Gasteiger partial charge in [0.05, 0.1) is 15.9 Å². The molecule has 21 heavy (non-hydrogen) atoms. The van der Waals surface area contributed by atoms with E-state index < -0.39 is 21.1 Å². The quantitative estimate of drug-likeness (QED) is 0.611. The number of aryl methyl sites for hydroxylation is 2. The minimum atomic E-state index is -3.91. The van der Waals surface area contributed by atoms with Crippen molar-refractivity contribution in [2.45, 2.75) is 45.1 Å². The Labute approximate surface area is 124 Å². The Morgan fingerprint density at radius 1 is 1.33 bits per heavy atom. The predicted molar refractivity (Wildman–Crippen MR) is 78.8 cm³/mol. The van der Waals surface area contributed by atoms with Crippen molar-refractivity contribution in [3.05, 3.63) is 32.9 Å². The first-order valence-corrected chi connectivity index (χ1v) is 8.03. The van der Waals surface area contributed by atoms with Gasteiger partial charge in [-0.1, -0.05) is 6.92 Å². The number of nitro groups is 1. The van der Waals surface area contributed by atoms with E-state index in [2.05, 4.69) is 4.72 Å². The number of rotatable bonds is 6. The smallest absolute Gasteiger partial charge is 0.276 e. The Morgan fingerprint density at radius 2 is 1.90 bits per heavy atom. The first-order valence-electron chi connectivity index (χ1n) is 6.54. The molecule has 0 saturated carbocycles. The van der Waals surface area contributed by atoms with E-state index in [9.17, 15) is 23.6 Å². The van der Waals surface area contributed by atoms with Crippen LogP contribution in [0.2, 0.25) is 0 Å². The molecule has 0 aliphatic carbocycles. The molecule has 118 valence electrons. The standard InChI is InChI=1S/C13H20N2O5S/c1-5-11(16)7-14-21(19,20)13-9(3)6-8(2)12(10(13)4)15(17)18/h6,11,14,16H,5,7H2,1-4H3. The molecule has 8 heteroatoms. The normalized spacial score (nSPS) is 13.2. The Kier molecular flexibility index (Phi) is 5.43. The number of nitrogens with one attached hydrogen (secondary N) is 1. The van der Waals surface area contributed by atoms with Crippen molar-refractivity contribution in [2.24, 2.45) is 0 Å². The van der Waals surface area contributed by atoms with Gasteiger partial charge in [-0.2, -0.15) is 0 Å². The number of hydrogen-bond donors (Lipinski definition) is 2. The number of nitro benzene ring substituents is 1. The highest BCUT2D eigenvalue weighted by Crippen LogP contribution is 2.31. The molecule has 0 saturated heterocycles. The second-order valence-corrected chi connectivity index (χ2v) is 6.69. The van der Waals surface area contributed by atoms with E-state index >= 15 is 0 Å². The van der Waals surface area contributed by atoms with E-state index in [0.29, 0.717) is 17.5 Å². The highest BCUT2D eigenvalue weighted by Gasteiger charge is 2.27. The van der Waals surface area contributed by atoms with Crippen molar-refractivity contribution in [1.82, 2.24) is 4.72 Å². The van der Waals surface area contributed by atoms with Crippen LogP contribution in [0, 0.1) is 30.9 Å². The van der Waals surface area contributed by atoms with Gasteiger partial charge in [0.25, 0.3) is 5.69 Å². The third kappa shape index (κ3) is 3.78. The van der Waals surface area contributed by atoms with Crippen LogP contribution in [-0.2, 0) is 10.0 Å². The van der Waals surface area contributed by atoms with Crippen LogP contribution in [0.15, 0.2) is 11.0 Å². The summed E-state index contributed by atoms with van der Waals surface area (Å²) in [7, 11) is -3.91. The molecule has 0 radical (unpaired) electrons. The lowest BCUT2D eigenvalue weighted by atomic mass is 10.1. The second kappa shape index (κ2) is 6.50. The van der Waals surface area contributed by atoms with Crippen molar-refractivity contribution in [2.75, 3.05) is 6.54 Å².